The van der Waals surface area contributed by atoms with Crippen LogP contribution in [0.15, 0.2) is 79.4 Å². The van der Waals surface area contributed by atoms with Gasteiger partial charge in [0, 0.05) is 12.0 Å². The van der Waals surface area contributed by atoms with Crippen molar-refractivity contribution in [3.63, 3.8) is 0 Å². The Hall–Kier alpha value is -2.84. The van der Waals surface area contributed by atoms with Crippen molar-refractivity contribution in [2.45, 2.75) is 72.5 Å². The van der Waals surface area contributed by atoms with E-state index >= 15 is 0 Å². The second-order valence-corrected chi connectivity index (χ2v) is 11.6. The number of hydrogen-bond acceptors (Lipinski definition) is 2. The van der Waals surface area contributed by atoms with E-state index in [1.165, 1.54) is 16.7 Å². The summed E-state index contributed by atoms with van der Waals surface area (Å²) in [6, 6.07) is 25.6. The maximum Gasteiger partial charge on any atom is 0.119 e. The summed E-state index contributed by atoms with van der Waals surface area (Å²) in [5, 5.41) is 0. The minimum absolute atomic E-state index is 0.116. The molecule has 2 heteroatoms. The summed E-state index contributed by atoms with van der Waals surface area (Å²) >= 11 is 0. The minimum Gasteiger partial charge on any atom is -0.489 e. The Balaban J connectivity index is 1.64. The van der Waals surface area contributed by atoms with Crippen LogP contribution >= 0.6 is 0 Å². The van der Waals surface area contributed by atoms with Gasteiger partial charge in [0.15, 0.2) is 0 Å². The molecule has 35 heavy (non-hydrogen) atoms. The molecule has 0 aromatic heterocycles. The van der Waals surface area contributed by atoms with Crippen molar-refractivity contribution in [3.05, 3.63) is 107 Å². The molecule has 0 radical (unpaired) electrons. The average Bonchev–Trinajstić information content (AvgIpc) is 2.82. The quantitative estimate of drug-likeness (QED) is 0.294. The summed E-state index contributed by atoms with van der Waals surface area (Å²) in [5.41, 5.74) is 5.86. The average molecular weight is 471 g/mol. The van der Waals surface area contributed by atoms with Crippen LogP contribution in [0.1, 0.15) is 82.7 Å². The van der Waals surface area contributed by atoms with Gasteiger partial charge in [-0.2, -0.15) is 0 Å². The van der Waals surface area contributed by atoms with Gasteiger partial charge >= 0.3 is 0 Å². The van der Waals surface area contributed by atoms with Crippen LogP contribution in [-0.2, 0) is 22.4 Å². The highest BCUT2D eigenvalue weighted by Gasteiger charge is 2.26. The molecular weight excluding hydrogens is 428 g/mol. The van der Waals surface area contributed by atoms with Gasteiger partial charge < -0.3 is 9.47 Å². The largest absolute Gasteiger partial charge is 0.489 e. The van der Waals surface area contributed by atoms with Crippen LogP contribution in [0.2, 0.25) is 0 Å². The topological polar surface area (TPSA) is 18.5 Å². The maximum atomic E-state index is 6.26. The van der Waals surface area contributed by atoms with E-state index in [1.807, 2.05) is 6.08 Å². The van der Waals surface area contributed by atoms with Gasteiger partial charge in [0.1, 0.15) is 12.4 Å². The lowest BCUT2D eigenvalue weighted by Gasteiger charge is -2.30. The van der Waals surface area contributed by atoms with Gasteiger partial charge in [-0.05, 0) is 65.6 Å². The molecule has 186 valence electrons. The van der Waals surface area contributed by atoms with Crippen molar-refractivity contribution in [2.75, 3.05) is 6.61 Å². The summed E-state index contributed by atoms with van der Waals surface area (Å²) in [7, 11) is 0. The summed E-state index contributed by atoms with van der Waals surface area (Å²) < 4.78 is 12.3. The lowest BCUT2D eigenvalue weighted by Crippen LogP contribution is -2.25. The Morgan fingerprint density at radius 2 is 1.20 bits per heavy atom. The van der Waals surface area contributed by atoms with Crippen molar-refractivity contribution in [2.24, 2.45) is 5.41 Å². The molecule has 0 bridgehead atoms. The van der Waals surface area contributed by atoms with Gasteiger partial charge in [-0.25, -0.2) is 0 Å². The SMILES string of the molecule is C=Cc1ccc(COc2ccc(C(C)(C)c3ccc(C(C)(C)OCCC(C)(C)C)cc3)cc2)cc1. The molecule has 0 fully saturated rings. The molecule has 0 spiro atoms. The van der Waals surface area contributed by atoms with Crippen molar-refractivity contribution in [1.29, 1.82) is 0 Å². The Kier molecular flexibility index (Phi) is 8.28. The summed E-state index contributed by atoms with van der Waals surface area (Å²) in [6.07, 6.45) is 2.89. The zero-order valence-corrected chi connectivity index (χ0v) is 22.7. The van der Waals surface area contributed by atoms with Crippen LogP contribution in [0.4, 0.5) is 0 Å². The van der Waals surface area contributed by atoms with Gasteiger partial charge in [0.2, 0.25) is 0 Å². The first kappa shape index (κ1) is 26.8. The third-order valence-corrected chi connectivity index (χ3v) is 6.81. The molecule has 3 aromatic rings. The molecule has 0 atom stereocenters. The molecular formula is C33H42O2. The molecule has 0 amide bonds. The molecule has 0 N–H and O–H groups in total. The van der Waals surface area contributed by atoms with Crippen molar-refractivity contribution < 1.29 is 9.47 Å². The van der Waals surface area contributed by atoms with Crippen LogP contribution in [0.3, 0.4) is 0 Å². The standard InChI is InChI=1S/C33H42O2/c1-9-25-10-12-26(13-11-25)24-34-30-20-18-28(19-21-30)32(5,6)27-14-16-29(17-15-27)33(7,8)35-23-22-31(2,3)4/h9-21H,1,22-24H2,2-8H3. The monoisotopic (exact) mass is 470 g/mol. The zero-order valence-electron chi connectivity index (χ0n) is 22.7. The van der Waals surface area contributed by atoms with Crippen LogP contribution in [-0.4, -0.2) is 6.61 Å². The lowest BCUT2D eigenvalue weighted by atomic mass is 9.77. The highest BCUT2D eigenvalue weighted by molar-refractivity contribution is 5.47. The van der Waals surface area contributed by atoms with E-state index in [-0.39, 0.29) is 16.4 Å². The summed E-state index contributed by atoms with van der Waals surface area (Å²) in [6.45, 7) is 20.7. The first-order valence-corrected chi connectivity index (χ1v) is 12.6. The Labute approximate surface area is 213 Å². The third-order valence-electron chi connectivity index (χ3n) is 6.81. The van der Waals surface area contributed by atoms with Crippen LogP contribution in [0.5, 0.6) is 5.75 Å². The number of benzene rings is 3. The Morgan fingerprint density at radius 1 is 0.686 bits per heavy atom. The van der Waals surface area contributed by atoms with Crippen molar-refractivity contribution >= 4 is 6.08 Å². The smallest absolute Gasteiger partial charge is 0.119 e. The minimum atomic E-state index is -0.307. The van der Waals surface area contributed by atoms with Crippen LogP contribution in [0.25, 0.3) is 6.08 Å². The normalized spacial score (nSPS) is 12.4. The van der Waals surface area contributed by atoms with E-state index in [9.17, 15) is 0 Å². The first-order valence-electron chi connectivity index (χ1n) is 12.6. The maximum absolute atomic E-state index is 6.26. The zero-order chi connectivity index (χ0) is 25.7. The van der Waals surface area contributed by atoms with Crippen molar-refractivity contribution in [1.82, 2.24) is 0 Å². The number of ether oxygens (including phenoxy) is 2. The molecule has 2 nitrogen and oxygen atoms in total. The molecule has 0 heterocycles. The van der Waals surface area contributed by atoms with E-state index < -0.39 is 0 Å². The van der Waals surface area contributed by atoms with Gasteiger partial charge in [0.25, 0.3) is 0 Å². The molecule has 3 rings (SSSR count). The predicted molar refractivity (Wildman–Crippen MR) is 149 cm³/mol. The molecule has 0 aliphatic heterocycles. The molecule has 0 saturated carbocycles. The van der Waals surface area contributed by atoms with E-state index in [0.29, 0.717) is 6.61 Å². The van der Waals surface area contributed by atoms with E-state index in [0.717, 1.165) is 29.9 Å². The highest BCUT2D eigenvalue weighted by atomic mass is 16.5. The number of hydrogen-bond donors (Lipinski definition) is 0. The lowest BCUT2D eigenvalue weighted by molar-refractivity contribution is -0.0317. The Bertz CT molecular complexity index is 1080. The fourth-order valence-electron chi connectivity index (χ4n) is 4.04. The van der Waals surface area contributed by atoms with E-state index in [2.05, 4.69) is 128 Å². The summed E-state index contributed by atoms with van der Waals surface area (Å²) in [4.78, 5) is 0. The first-order chi connectivity index (χ1) is 16.4. The fourth-order valence-corrected chi connectivity index (χ4v) is 4.04. The van der Waals surface area contributed by atoms with Gasteiger partial charge in [-0.15, -0.1) is 0 Å². The van der Waals surface area contributed by atoms with Gasteiger partial charge in [0.05, 0.1) is 5.60 Å². The molecule has 0 aliphatic carbocycles. The molecule has 3 aromatic carbocycles. The highest BCUT2D eigenvalue weighted by Crippen LogP contribution is 2.34. The molecule has 0 saturated heterocycles. The van der Waals surface area contributed by atoms with E-state index in [1.54, 1.807) is 0 Å². The van der Waals surface area contributed by atoms with Gasteiger partial charge in [-0.3, -0.25) is 0 Å². The van der Waals surface area contributed by atoms with Crippen LogP contribution in [0, 0.1) is 5.41 Å². The molecule has 0 unspecified atom stereocenters. The van der Waals surface area contributed by atoms with Gasteiger partial charge in [-0.1, -0.05) is 108 Å². The molecule has 0 aliphatic rings. The Morgan fingerprint density at radius 3 is 1.71 bits per heavy atom. The second kappa shape index (κ2) is 10.8. The number of rotatable bonds is 10. The van der Waals surface area contributed by atoms with E-state index in [4.69, 9.17) is 9.47 Å². The third kappa shape index (κ3) is 7.32. The predicted octanol–water partition coefficient (Wildman–Crippen LogP) is 8.92. The summed E-state index contributed by atoms with van der Waals surface area (Å²) in [5.74, 6) is 0.877. The van der Waals surface area contributed by atoms with Crippen LogP contribution < -0.4 is 4.74 Å². The van der Waals surface area contributed by atoms with Crippen molar-refractivity contribution in [3.8, 4) is 5.75 Å². The fraction of sp³-hybridized carbons (Fsp3) is 0.394. The second-order valence-electron chi connectivity index (χ2n) is 11.6.